The zero-order valence-electron chi connectivity index (χ0n) is 22.9. The molecule has 2 amide bonds. The van der Waals surface area contributed by atoms with Crippen LogP contribution in [0.3, 0.4) is 0 Å². The summed E-state index contributed by atoms with van der Waals surface area (Å²) in [6.45, 7) is 3.50. The van der Waals surface area contributed by atoms with Crippen molar-refractivity contribution < 1.29 is 28.2 Å². The number of nitrogens with zero attached hydrogens (tertiary/aromatic N) is 4. The number of morpholine rings is 1. The third-order valence-electron chi connectivity index (χ3n) is 7.64. The van der Waals surface area contributed by atoms with Crippen molar-refractivity contribution in [2.45, 2.75) is 12.5 Å². The molecule has 11 heteroatoms. The Balaban J connectivity index is 1.29. The van der Waals surface area contributed by atoms with Gasteiger partial charge in [0.1, 0.15) is 12.4 Å². The molecule has 0 N–H and O–H groups in total. The van der Waals surface area contributed by atoms with E-state index < -0.39 is 17.8 Å². The molecule has 3 heterocycles. The first-order chi connectivity index (χ1) is 20.5. The van der Waals surface area contributed by atoms with Gasteiger partial charge in [-0.1, -0.05) is 48.0 Å². The van der Waals surface area contributed by atoms with Gasteiger partial charge in [0.05, 0.1) is 35.6 Å². The van der Waals surface area contributed by atoms with Crippen molar-refractivity contribution in [3.05, 3.63) is 94.3 Å². The molecule has 1 fully saturated rings. The SMILES string of the molecule is O=C(c1ccccc1Cl)N(CCN1CCOCC1)CC(=O)N1N=C(c2ccccc2F)C[C@@H]1c1ccc2c(c1)OCO2. The Morgan fingerprint density at radius 3 is 2.57 bits per heavy atom. The summed E-state index contributed by atoms with van der Waals surface area (Å²) >= 11 is 6.38. The summed E-state index contributed by atoms with van der Waals surface area (Å²) < 4.78 is 31.3. The Kier molecular flexibility index (Phi) is 8.36. The minimum atomic E-state index is -0.530. The van der Waals surface area contributed by atoms with Gasteiger partial charge in [-0.25, -0.2) is 9.40 Å². The summed E-state index contributed by atoms with van der Waals surface area (Å²) in [7, 11) is 0. The Morgan fingerprint density at radius 2 is 1.76 bits per heavy atom. The lowest BCUT2D eigenvalue weighted by Gasteiger charge is -2.31. The maximum absolute atomic E-state index is 14.8. The summed E-state index contributed by atoms with van der Waals surface area (Å²) in [5, 5.41) is 6.29. The predicted molar refractivity (Wildman–Crippen MR) is 154 cm³/mol. The van der Waals surface area contributed by atoms with E-state index in [1.807, 2.05) is 12.1 Å². The van der Waals surface area contributed by atoms with Crippen molar-refractivity contribution in [1.82, 2.24) is 14.8 Å². The monoisotopic (exact) mass is 592 g/mol. The average molecular weight is 593 g/mol. The van der Waals surface area contributed by atoms with E-state index in [4.69, 9.17) is 25.8 Å². The Bertz CT molecular complexity index is 1510. The van der Waals surface area contributed by atoms with Gasteiger partial charge >= 0.3 is 0 Å². The normalized spacial score (nSPS) is 18.2. The maximum Gasteiger partial charge on any atom is 0.262 e. The first kappa shape index (κ1) is 28.1. The second-order valence-corrected chi connectivity index (χ2v) is 10.7. The molecule has 1 atom stereocenters. The third-order valence-corrected chi connectivity index (χ3v) is 7.97. The number of ether oxygens (including phenoxy) is 3. The van der Waals surface area contributed by atoms with E-state index in [0.717, 1.165) is 18.7 Å². The zero-order valence-corrected chi connectivity index (χ0v) is 23.6. The first-order valence-corrected chi connectivity index (χ1v) is 14.2. The molecular weight excluding hydrogens is 563 g/mol. The van der Waals surface area contributed by atoms with Crippen molar-refractivity contribution in [2.75, 3.05) is 52.7 Å². The van der Waals surface area contributed by atoms with Crippen LogP contribution in [-0.2, 0) is 9.53 Å². The first-order valence-electron chi connectivity index (χ1n) is 13.9. The van der Waals surface area contributed by atoms with E-state index >= 15 is 0 Å². The number of rotatable bonds is 8. The van der Waals surface area contributed by atoms with E-state index in [1.54, 1.807) is 48.5 Å². The fourth-order valence-electron chi connectivity index (χ4n) is 5.36. The van der Waals surface area contributed by atoms with Gasteiger partial charge < -0.3 is 19.1 Å². The number of halogens is 2. The number of benzene rings is 3. The van der Waals surface area contributed by atoms with Crippen molar-refractivity contribution in [1.29, 1.82) is 0 Å². The van der Waals surface area contributed by atoms with Crippen LogP contribution in [0.1, 0.15) is 33.9 Å². The topological polar surface area (TPSA) is 83.9 Å². The van der Waals surface area contributed by atoms with Crippen LogP contribution in [0.5, 0.6) is 11.5 Å². The summed E-state index contributed by atoms with van der Waals surface area (Å²) in [6, 6.07) is 18.1. The van der Waals surface area contributed by atoms with Gasteiger partial charge in [-0.3, -0.25) is 14.5 Å². The molecule has 3 aromatic rings. The van der Waals surface area contributed by atoms with Crippen LogP contribution < -0.4 is 9.47 Å². The molecule has 0 saturated carbocycles. The fourth-order valence-corrected chi connectivity index (χ4v) is 5.57. The number of carbonyl (C=O) groups is 2. The van der Waals surface area contributed by atoms with Gasteiger partial charge in [-0.2, -0.15) is 5.10 Å². The van der Waals surface area contributed by atoms with Crippen LogP contribution >= 0.6 is 11.6 Å². The quantitative estimate of drug-likeness (QED) is 0.387. The highest BCUT2D eigenvalue weighted by atomic mass is 35.5. The predicted octanol–water partition coefficient (Wildman–Crippen LogP) is 4.36. The van der Waals surface area contributed by atoms with E-state index in [0.29, 0.717) is 66.1 Å². The van der Waals surface area contributed by atoms with Crippen LogP contribution in [0.25, 0.3) is 0 Å². The molecule has 42 heavy (non-hydrogen) atoms. The highest BCUT2D eigenvalue weighted by Gasteiger charge is 2.36. The lowest BCUT2D eigenvalue weighted by Crippen LogP contribution is -2.46. The highest BCUT2D eigenvalue weighted by Crippen LogP contribution is 2.39. The molecule has 0 unspecified atom stereocenters. The molecule has 1 saturated heterocycles. The van der Waals surface area contributed by atoms with Gasteiger partial charge in [0, 0.05) is 38.2 Å². The van der Waals surface area contributed by atoms with Crippen molar-refractivity contribution in [2.24, 2.45) is 5.10 Å². The molecule has 0 radical (unpaired) electrons. The smallest absolute Gasteiger partial charge is 0.262 e. The molecule has 0 bridgehead atoms. The van der Waals surface area contributed by atoms with E-state index in [1.165, 1.54) is 16.0 Å². The summed E-state index contributed by atoms with van der Waals surface area (Å²) in [5.74, 6) is 0.0199. The Labute approximate surface area is 248 Å². The van der Waals surface area contributed by atoms with Crippen LogP contribution in [0, 0.1) is 5.82 Å². The summed E-state index contributed by atoms with van der Waals surface area (Å²) in [5.41, 5.74) is 1.86. The molecule has 0 aliphatic carbocycles. The maximum atomic E-state index is 14.8. The molecular formula is C31H30ClFN4O5. The van der Waals surface area contributed by atoms with Crippen molar-refractivity contribution in [3.8, 4) is 11.5 Å². The van der Waals surface area contributed by atoms with Gasteiger partial charge in [0.15, 0.2) is 11.5 Å². The highest BCUT2D eigenvalue weighted by molar-refractivity contribution is 6.33. The number of amides is 2. The number of hydrogen-bond donors (Lipinski definition) is 0. The molecule has 9 nitrogen and oxygen atoms in total. The van der Waals surface area contributed by atoms with Crippen molar-refractivity contribution in [3.63, 3.8) is 0 Å². The van der Waals surface area contributed by atoms with Crippen LogP contribution in [0.4, 0.5) is 4.39 Å². The molecule has 218 valence electrons. The van der Waals surface area contributed by atoms with Gasteiger partial charge in [0.2, 0.25) is 6.79 Å². The van der Waals surface area contributed by atoms with Gasteiger partial charge in [-0.15, -0.1) is 0 Å². The standard InChI is InChI=1S/C31H30ClFN4O5/c32-24-7-3-1-5-22(24)31(39)36(12-11-35-13-15-40-16-14-35)19-30(38)37-27(21-9-10-28-29(17-21)42-20-41-28)18-26(34-37)23-6-2-4-8-25(23)33/h1-10,17,27H,11-16,18-20H2/t27-/m1/s1. The second-order valence-electron chi connectivity index (χ2n) is 10.3. The lowest BCUT2D eigenvalue weighted by atomic mass is 9.97. The summed E-state index contributed by atoms with van der Waals surface area (Å²) in [4.78, 5) is 31.4. The van der Waals surface area contributed by atoms with Gasteiger partial charge in [0.25, 0.3) is 11.8 Å². The Morgan fingerprint density at radius 1 is 1.00 bits per heavy atom. The third kappa shape index (κ3) is 5.97. The largest absolute Gasteiger partial charge is 0.454 e. The number of hydrazone groups is 1. The Hall–Kier alpha value is -3.99. The van der Waals surface area contributed by atoms with Crippen LogP contribution in [-0.4, -0.2) is 85.1 Å². The van der Waals surface area contributed by atoms with E-state index in [2.05, 4.69) is 10.0 Å². The average Bonchev–Trinajstić information content (AvgIpc) is 3.67. The molecule has 3 aliphatic heterocycles. The molecule has 3 aromatic carbocycles. The summed E-state index contributed by atoms with van der Waals surface area (Å²) in [6.07, 6.45) is 0.290. The van der Waals surface area contributed by atoms with E-state index in [-0.39, 0.29) is 19.2 Å². The van der Waals surface area contributed by atoms with Crippen molar-refractivity contribution >= 4 is 29.1 Å². The molecule has 0 aromatic heterocycles. The molecule has 3 aliphatic rings. The minimum Gasteiger partial charge on any atom is -0.454 e. The number of hydrogen-bond acceptors (Lipinski definition) is 7. The number of carbonyl (C=O) groups excluding carboxylic acids is 2. The van der Waals surface area contributed by atoms with Crippen LogP contribution in [0.15, 0.2) is 71.8 Å². The van der Waals surface area contributed by atoms with Gasteiger partial charge in [-0.05, 0) is 35.9 Å². The molecule has 0 spiro atoms. The zero-order chi connectivity index (χ0) is 29.1. The fraction of sp³-hybridized carbons (Fsp3) is 0.323. The minimum absolute atomic E-state index is 0.116. The van der Waals surface area contributed by atoms with E-state index in [9.17, 15) is 14.0 Å². The molecule has 6 rings (SSSR count). The second kappa shape index (κ2) is 12.5. The van der Waals surface area contributed by atoms with Crippen LogP contribution in [0.2, 0.25) is 5.02 Å². The lowest BCUT2D eigenvalue weighted by molar-refractivity contribution is -0.133. The number of fused-ring (bicyclic) bond motifs is 1.